The molecular weight excluding hydrogens is 372 g/mol. The van der Waals surface area contributed by atoms with E-state index in [9.17, 15) is 18.0 Å². The Morgan fingerprint density at radius 3 is 2.42 bits per heavy atom. The van der Waals surface area contributed by atoms with Crippen LogP contribution in [0.2, 0.25) is 5.02 Å². The van der Waals surface area contributed by atoms with Crippen molar-refractivity contribution in [1.29, 1.82) is 0 Å². The van der Waals surface area contributed by atoms with E-state index in [1.807, 2.05) is 6.92 Å². The Hall–Kier alpha value is -1.09. The van der Waals surface area contributed by atoms with E-state index in [-0.39, 0.29) is 40.9 Å². The van der Waals surface area contributed by atoms with Crippen molar-refractivity contribution in [3.05, 3.63) is 28.8 Å². The predicted octanol–water partition coefficient (Wildman–Crippen LogP) is 2.50. The maximum atomic E-state index is 12.7. The molecule has 0 spiro atoms. The second-order valence-corrected chi connectivity index (χ2v) is 9.14. The fourth-order valence-corrected chi connectivity index (χ4v) is 5.46. The molecule has 0 atom stereocenters. The highest BCUT2D eigenvalue weighted by molar-refractivity contribution is 8.14. The molecular formula is C15H17ClN2O4S2. The summed E-state index contributed by atoms with van der Waals surface area (Å²) in [6.07, 6.45) is 0.910. The summed E-state index contributed by atoms with van der Waals surface area (Å²) in [6, 6.07) is 4.48. The first-order valence-corrected chi connectivity index (χ1v) is 10.4. The number of imide groups is 1. The maximum absolute atomic E-state index is 12.7. The molecule has 0 aliphatic carbocycles. The molecule has 1 aromatic carbocycles. The number of carbonyl (C=O) groups excluding carboxylic acids is 2. The zero-order valence-electron chi connectivity index (χ0n) is 13.1. The highest BCUT2D eigenvalue weighted by Gasteiger charge is 2.39. The van der Waals surface area contributed by atoms with Crippen LogP contribution in [0.1, 0.15) is 18.4 Å². The van der Waals surface area contributed by atoms with E-state index < -0.39 is 10.0 Å². The number of sulfonamides is 1. The van der Waals surface area contributed by atoms with Gasteiger partial charge >= 0.3 is 0 Å². The molecule has 2 aliphatic rings. The summed E-state index contributed by atoms with van der Waals surface area (Å²) in [6.45, 7) is 2.37. The number of halogens is 1. The first-order valence-electron chi connectivity index (χ1n) is 7.56. The Kier molecular flexibility index (Phi) is 4.92. The largest absolute Gasteiger partial charge is 0.289 e. The lowest BCUT2D eigenvalue weighted by Crippen LogP contribution is -2.48. The monoisotopic (exact) mass is 388 g/mol. The second-order valence-electron chi connectivity index (χ2n) is 5.86. The predicted molar refractivity (Wildman–Crippen MR) is 92.7 cm³/mol. The number of rotatable bonds is 3. The number of hydrogen-bond donors (Lipinski definition) is 0. The molecule has 0 N–H and O–H groups in total. The standard InChI is InChI=1S/C15H17ClN2O4S2/c1-10-2-3-12(8-13(10)16)24(21,22)17-6-4-11(5-7-17)18-14(19)9-23-15(18)20/h2-3,8,11H,4-7,9H2,1H3. The highest BCUT2D eigenvalue weighted by atomic mass is 35.5. The third-order valence-electron chi connectivity index (χ3n) is 4.35. The van der Waals surface area contributed by atoms with Crippen molar-refractivity contribution in [2.45, 2.75) is 30.7 Å². The SMILES string of the molecule is Cc1ccc(S(=O)(=O)N2CCC(N3C(=O)CSC3=O)CC2)cc1Cl. The minimum atomic E-state index is -3.62. The smallest absolute Gasteiger partial charge is 0.273 e. The molecule has 2 saturated heterocycles. The quantitative estimate of drug-likeness (QED) is 0.795. The van der Waals surface area contributed by atoms with Gasteiger partial charge in [0.2, 0.25) is 15.9 Å². The molecule has 0 radical (unpaired) electrons. The second kappa shape index (κ2) is 6.67. The molecule has 2 heterocycles. The van der Waals surface area contributed by atoms with E-state index in [4.69, 9.17) is 11.6 Å². The van der Waals surface area contributed by atoms with Gasteiger partial charge < -0.3 is 0 Å². The van der Waals surface area contributed by atoms with Crippen LogP contribution in [0.4, 0.5) is 4.79 Å². The minimum Gasteiger partial charge on any atom is -0.273 e. The van der Waals surface area contributed by atoms with Gasteiger partial charge in [-0.2, -0.15) is 4.31 Å². The zero-order chi connectivity index (χ0) is 17.5. The maximum Gasteiger partial charge on any atom is 0.289 e. The first-order chi connectivity index (χ1) is 11.3. The topological polar surface area (TPSA) is 74.8 Å². The molecule has 1 aromatic rings. The fraction of sp³-hybridized carbons (Fsp3) is 0.467. The van der Waals surface area contributed by atoms with Crippen molar-refractivity contribution >= 4 is 44.5 Å². The zero-order valence-corrected chi connectivity index (χ0v) is 15.5. The molecule has 2 amide bonds. The molecule has 24 heavy (non-hydrogen) atoms. The molecule has 2 fully saturated rings. The van der Waals surface area contributed by atoms with Crippen LogP contribution >= 0.6 is 23.4 Å². The molecule has 2 aliphatic heterocycles. The molecule has 6 nitrogen and oxygen atoms in total. The molecule has 0 unspecified atom stereocenters. The molecule has 3 rings (SSSR count). The third-order valence-corrected chi connectivity index (χ3v) is 7.49. The van der Waals surface area contributed by atoms with Gasteiger partial charge in [0.25, 0.3) is 5.24 Å². The van der Waals surface area contributed by atoms with E-state index >= 15 is 0 Å². The van der Waals surface area contributed by atoms with Gasteiger partial charge in [0.05, 0.1) is 10.6 Å². The van der Waals surface area contributed by atoms with E-state index in [1.54, 1.807) is 12.1 Å². The average Bonchev–Trinajstić information content (AvgIpc) is 2.89. The lowest BCUT2D eigenvalue weighted by Gasteiger charge is -2.34. The number of aryl methyl sites for hydroxylation is 1. The molecule has 0 bridgehead atoms. The first kappa shape index (κ1) is 17.7. The Labute approximate surface area is 150 Å². The number of hydrogen-bond acceptors (Lipinski definition) is 5. The Morgan fingerprint density at radius 1 is 1.21 bits per heavy atom. The lowest BCUT2D eigenvalue weighted by molar-refractivity contribution is -0.126. The third kappa shape index (κ3) is 3.20. The summed E-state index contributed by atoms with van der Waals surface area (Å²) in [5, 5.41) is 0.183. The van der Waals surface area contributed by atoms with Gasteiger partial charge in [0, 0.05) is 24.2 Å². The van der Waals surface area contributed by atoms with Crippen molar-refractivity contribution < 1.29 is 18.0 Å². The van der Waals surface area contributed by atoms with Crippen LogP contribution < -0.4 is 0 Å². The van der Waals surface area contributed by atoms with Gasteiger partial charge in [-0.05, 0) is 37.5 Å². The van der Waals surface area contributed by atoms with Crippen LogP contribution in [0.25, 0.3) is 0 Å². The summed E-state index contributed by atoms with van der Waals surface area (Å²) in [7, 11) is -3.62. The lowest BCUT2D eigenvalue weighted by atomic mass is 10.1. The fourth-order valence-electron chi connectivity index (χ4n) is 2.94. The van der Waals surface area contributed by atoms with Crippen LogP contribution in [0, 0.1) is 6.92 Å². The Balaban J connectivity index is 1.72. The average molecular weight is 389 g/mol. The summed E-state index contributed by atoms with van der Waals surface area (Å²) in [5.74, 6) is -0.00391. The van der Waals surface area contributed by atoms with Crippen molar-refractivity contribution in [2.24, 2.45) is 0 Å². The van der Waals surface area contributed by atoms with Crippen molar-refractivity contribution in [2.75, 3.05) is 18.8 Å². The number of amides is 2. The van der Waals surface area contributed by atoms with Gasteiger partial charge in [0.1, 0.15) is 0 Å². The summed E-state index contributed by atoms with van der Waals surface area (Å²) >= 11 is 7.04. The number of benzene rings is 1. The highest BCUT2D eigenvalue weighted by Crippen LogP contribution is 2.29. The van der Waals surface area contributed by atoms with Crippen LogP contribution in [-0.2, 0) is 14.8 Å². The van der Waals surface area contributed by atoms with Crippen molar-refractivity contribution in [1.82, 2.24) is 9.21 Å². The van der Waals surface area contributed by atoms with E-state index in [1.165, 1.54) is 15.3 Å². The number of nitrogens with zero attached hydrogens (tertiary/aromatic N) is 2. The van der Waals surface area contributed by atoms with E-state index in [2.05, 4.69) is 0 Å². The molecule has 0 saturated carbocycles. The molecule has 130 valence electrons. The van der Waals surface area contributed by atoms with Gasteiger partial charge in [-0.25, -0.2) is 8.42 Å². The Bertz CT molecular complexity index is 773. The van der Waals surface area contributed by atoms with Gasteiger partial charge in [-0.1, -0.05) is 29.4 Å². The van der Waals surface area contributed by atoms with Crippen molar-refractivity contribution in [3.63, 3.8) is 0 Å². The van der Waals surface area contributed by atoms with E-state index in [0.717, 1.165) is 17.3 Å². The summed E-state index contributed by atoms with van der Waals surface area (Å²) < 4.78 is 26.8. The van der Waals surface area contributed by atoms with Crippen LogP contribution in [0.15, 0.2) is 23.1 Å². The normalized spacial score (nSPS) is 20.8. The Morgan fingerprint density at radius 2 is 1.88 bits per heavy atom. The van der Waals surface area contributed by atoms with Crippen LogP contribution in [-0.4, -0.2) is 53.7 Å². The number of carbonyl (C=O) groups is 2. The van der Waals surface area contributed by atoms with E-state index in [0.29, 0.717) is 17.9 Å². The van der Waals surface area contributed by atoms with Gasteiger partial charge in [-0.3, -0.25) is 14.5 Å². The van der Waals surface area contributed by atoms with Gasteiger partial charge in [0.15, 0.2) is 0 Å². The summed E-state index contributed by atoms with van der Waals surface area (Å²) in [5.41, 5.74) is 0.817. The minimum absolute atomic E-state index is 0.167. The van der Waals surface area contributed by atoms with Crippen LogP contribution in [0.5, 0.6) is 0 Å². The van der Waals surface area contributed by atoms with Gasteiger partial charge in [-0.15, -0.1) is 0 Å². The van der Waals surface area contributed by atoms with Crippen LogP contribution in [0.3, 0.4) is 0 Å². The summed E-state index contributed by atoms with van der Waals surface area (Å²) in [4.78, 5) is 25.0. The molecule has 0 aromatic heterocycles. The van der Waals surface area contributed by atoms with Crippen molar-refractivity contribution in [3.8, 4) is 0 Å². The molecule has 9 heteroatoms. The number of thioether (sulfide) groups is 1. The number of piperidine rings is 1.